The van der Waals surface area contributed by atoms with E-state index in [0.717, 1.165) is 57.8 Å². The predicted octanol–water partition coefficient (Wildman–Crippen LogP) is 14.2. The van der Waals surface area contributed by atoms with E-state index in [2.05, 4.69) is 86.8 Å². The second-order valence-corrected chi connectivity index (χ2v) is 17.4. The molecule has 0 aromatic carbocycles. The standard InChI is InChI=1S/C51H88NO8P/c1-5-7-9-11-13-15-17-19-21-23-25-27-29-31-33-35-37-39-41-43-50(53)57-47-49(48-59-61(55,56)58-46-45-52(3)4)60-51(54)44-42-40-38-36-34-32-30-28-26-24-22-20-18-16-14-12-10-8-6-2/h13-16,19-22,25,27,31,33,37,39,49H,5-12,17-18,23-24,26,28-30,32,34-36,38,40-48H2,1-4H3,(H,55,56)/b15-13-,16-14-,21-19-,22-20-,27-25-,33-31-,39-37-. The summed E-state index contributed by atoms with van der Waals surface area (Å²) in [4.78, 5) is 37.1. The topological polar surface area (TPSA) is 112 Å². The molecule has 0 aliphatic carbocycles. The Hall–Kier alpha value is -2.81. The molecule has 0 bridgehead atoms. The Bertz CT molecular complexity index is 1280. The summed E-state index contributed by atoms with van der Waals surface area (Å²) in [6, 6.07) is 0. The van der Waals surface area contributed by atoms with Gasteiger partial charge in [0.1, 0.15) is 6.61 Å². The first-order valence-electron chi connectivity index (χ1n) is 23.9. The molecule has 2 atom stereocenters. The lowest BCUT2D eigenvalue weighted by molar-refractivity contribution is -0.161. The highest BCUT2D eigenvalue weighted by molar-refractivity contribution is 7.47. The average Bonchev–Trinajstić information content (AvgIpc) is 3.23. The van der Waals surface area contributed by atoms with Crippen molar-refractivity contribution in [2.75, 3.05) is 40.5 Å². The van der Waals surface area contributed by atoms with Crippen LogP contribution in [-0.2, 0) is 32.7 Å². The molecule has 350 valence electrons. The Morgan fingerprint density at radius 3 is 1.38 bits per heavy atom. The third-order valence-electron chi connectivity index (χ3n) is 9.69. The fourth-order valence-corrected chi connectivity index (χ4v) is 6.73. The summed E-state index contributed by atoms with van der Waals surface area (Å²) in [5.41, 5.74) is 0. The van der Waals surface area contributed by atoms with Crippen molar-refractivity contribution in [3.63, 3.8) is 0 Å². The number of allylic oxidation sites excluding steroid dienone is 14. The van der Waals surface area contributed by atoms with Crippen LogP contribution in [0, 0.1) is 0 Å². The van der Waals surface area contributed by atoms with Crippen LogP contribution in [0.2, 0.25) is 0 Å². The molecule has 10 heteroatoms. The quantitative estimate of drug-likeness (QED) is 0.0277. The fraction of sp³-hybridized carbons (Fsp3) is 0.686. The molecular weight excluding hydrogens is 786 g/mol. The van der Waals surface area contributed by atoms with E-state index in [-0.39, 0.29) is 26.1 Å². The highest BCUT2D eigenvalue weighted by Gasteiger charge is 2.26. The number of carbonyl (C=O) groups excluding carboxylic acids is 2. The van der Waals surface area contributed by atoms with Gasteiger partial charge < -0.3 is 19.3 Å². The molecular formula is C51H88NO8P. The molecule has 0 aromatic rings. The molecule has 0 saturated heterocycles. The van der Waals surface area contributed by atoms with E-state index >= 15 is 0 Å². The largest absolute Gasteiger partial charge is 0.472 e. The summed E-state index contributed by atoms with van der Waals surface area (Å²) >= 11 is 0. The molecule has 0 amide bonds. The lowest BCUT2D eigenvalue weighted by atomic mass is 10.1. The summed E-state index contributed by atoms with van der Waals surface area (Å²) in [6.07, 6.45) is 56.4. The molecule has 0 heterocycles. The van der Waals surface area contributed by atoms with Crippen molar-refractivity contribution in [2.24, 2.45) is 0 Å². The van der Waals surface area contributed by atoms with E-state index in [1.807, 2.05) is 31.1 Å². The second-order valence-electron chi connectivity index (χ2n) is 15.9. The average molecular weight is 874 g/mol. The van der Waals surface area contributed by atoms with Crippen molar-refractivity contribution in [3.05, 3.63) is 85.1 Å². The van der Waals surface area contributed by atoms with Gasteiger partial charge in [-0.25, -0.2) is 4.57 Å². The maximum atomic E-state index is 12.7. The first-order valence-corrected chi connectivity index (χ1v) is 25.4. The second kappa shape index (κ2) is 45.2. The number of carbonyl (C=O) groups is 2. The minimum Gasteiger partial charge on any atom is -0.462 e. The molecule has 0 rings (SSSR count). The van der Waals surface area contributed by atoms with Crippen LogP contribution in [-0.4, -0.2) is 68.3 Å². The predicted molar refractivity (Wildman–Crippen MR) is 256 cm³/mol. The van der Waals surface area contributed by atoms with E-state index < -0.39 is 32.5 Å². The van der Waals surface area contributed by atoms with Gasteiger partial charge in [-0.3, -0.25) is 18.6 Å². The smallest absolute Gasteiger partial charge is 0.462 e. The maximum absolute atomic E-state index is 12.7. The van der Waals surface area contributed by atoms with Gasteiger partial charge in [0.25, 0.3) is 0 Å². The first-order chi connectivity index (χ1) is 29.7. The maximum Gasteiger partial charge on any atom is 0.472 e. The Kier molecular flexibility index (Phi) is 43.1. The van der Waals surface area contributed by atoms with Gasteiger partial charge >= 0.3 is 19.8 Å². The number of phosphoric acid groups is 1. The number of hydrogen-bond donors (Lipinski definition) is 1. The number of likely N-dealkylation sites (N-methyl/N-ethyl adjacent to an activating group) is 1. The monoisotopic (exact) mass is 874 g/mol. The van der Waals surface area contributed by atoms with Crippen LogP contribution in [0.5, 0.6) is 0 Å². The molecule has 9 nitrogen and oxygen atoms in total. The van der Waals surface area contributed by atoms with Gasteiger partial charge in [0.2, 0.25) is 0 Å². The van der Waals surface area contributed by atoms with Crippen LogP contribution in [0.15, 0.2) is 85.1 Å². The lowest BCUT2D eigenvalue weighted by Crippen LogP contribution is -2.29. The van der Waals surface area contributed by atoms with Crippen LogP contribution in [0.25, 0.3) is 0 Å². The van der Waals surface area contributed by atoms with Crippen LogP contribution >= 0.6 is 7.82 Å². The Labute approximate surface area is 373 Å². The molecule has 61 heavy (non-hydrogen) atoms. The lowest BCUT2D eigenvalue weighted by Gasteiger charge is -2.20. The number of esters is 2. The van der Waals surface area contributed by atoms with Crippen molar-refractivity contribution >= 4 is 19.8 Å². The van der Waals surface area contributed by atoms with Crippen molar-refractivity contribution in [2.45, 2.75) is 187 Å². The molecule has 0 radical (unpaired) electrons. The number of rotatable bonds is 43. The van der Waals surface area contributed by atoms with Gasteiger partial charge in [-0.15, -0.1) is 0 Å². The van der Waals surface area contributed by atoms with E-state index in [9.17, 15) is 19.0 Å². The van der Waals surface area contributed by atoms with Gasteiger partial charge in [-0.2, -0.15) is 0 Å². The van der Waals surface area contributed by atoms with Gasteiger partial charge in [-0.05, 0) is 97.6 Å². The van der Waals surface area contributed by atoms with Crippen LogP contribution in [0.3, 0.4) is 0 Å². The third kappa shape index (κ3) is 46.5. The summed E-state index contributed by atoms with van der Waals surface area (Å²) in [6.45, 7) is 4.17. The zero-order chi connectivity index (χ0) is 44.8. The van der Waals surface area contributed by atoms with Gasteiger partial charge in [0.15, 0.2) is 6.10 Å². The van der Waals surface area contributed by atoms with Gasteiger partial charge in [-0.1, -0.05) is 170 Å². The van der Waals surface area contributed by atoms with E-state index in [4.69, 9.17) is 18.5 Å². The normalized spacial score (nSPS) is 14.1. The van der Waals surface area contributed by atoms with Crippen molar-refractivity contribution in [3.8, 4) is 0 Å². The van der Waals surface area contributed by atoms with Crippen molar-refractivity contribution in [1.82, 2.24) is 4.90 Å². The minimum atomic E-state index is -4.39. The molecule has 0 spiro atoms. The zero-order valence-electron chi connectivity index (χ0n) is 39.1. The number of hydrogen-bond acceptors (Lipinski definition) is 8. The summed E-state index contributed by atoms with van der Waals surface area (Å²) in [5.74, 6) is -0.908. The third-order valence-corrected chi connectivity index (χ3v) is 10.7. The van der Waals surface area contributed by atoms with Crippen LogP contribution < -0.4 is 0 Å². The summed E-state index contributed by atoms with van der Waals surface area (Å²) < 4.78 is 33.5. The van der Waals surface area contributed by atoms with Crippen molar-refractivity contribution in [1.29, 1.82) is 0 Å². The Morgan fingerprint density at radius 1 is 0.508 bits per heavy atom. The molecule has 0 saturated carbocycles. The molecule has 0 fully saturated rings. The first kappa shape index (κ1) is 58.2. The van der Waals surface area contributed by atoms with Gasteiger partial charge in [0, 0.05) is 19.4 Å². The Balaban J connectivity index is 4.37. The Morgan fingerprint density at radius 2 is 0.918 bits per heavy atom. The highest BCUT2D eigenvalue weighted by Crippen LogP contribution is 2.43. The SMILES string of the molecule is CCCCC/C=C\C/C=C\C/C=C\C/C=C\C/C=C\CCC(=O)OCC(COP(=O)(O)OCCN(C)C)OC(=O)CCCCCCCCCCC/C=C\C/C=C\CCCCC. The molecule has 0 aliphatic rings. The molecule has 0 aromatic heterocycles. The van der Waals surface area contributed by atoms with Crippen LogP contribution in [0.1, 0.15) is 181 Å². The van der Waals surface area contributed by atoms with Crippen molar-refractivity contribution < 1.29 is 37.6 Å². The number of nitrogens with zero attached hydrogens (tertiary/aromatic N) is 1. The summed E-state index contributed by atoms with van der Waals surface area (Å²) in [7, 11) is -0.754. The van der Waals surface area contributed by atoms with E-state index in [1.165, 1.54) is 83.5 Å². The zero-order valence-corrected chi connectivity index (χ0v) is 40.0. The summed E-state index contributed by atoms with van der Waals surface area (Å²) in [5, 5.41) is 0. The molecule has 0 aliphatic heterocycles. The van der Waals surface area contributed by atoms with E-state index in [1.54, 1.807) is 0 Å². The number of phosphoric ester groups is 1. The minimum absolute atomic E-state index is 0.00861. The van der Waals surface area contributed by atoms with Gasteiger partial charge in [0.05, 0.1) is 13.2 Å². The molecule has 2 unspecified atom stereocenters. The number of ether oxygens (including phenoxy) is 2. The molecule has 1 N–H and O–H groups in total. The number of unbranched alkanes of at least 4 members (excludes halogenated alkanes) is 15. The van der Waals surface area contributed by atoms with E-state index in [0.29, 0.717) is 19.4 Å². The van der Waals surface area contributed by atoms with Crippen LogP contribution in [0.4, 0.5) is 0 Å². The fourth-order valence-electron chi connectivity index (χ4n) is 5.99. The highest BCUT2D eigenvalue weighted by atomic mass is 31.2.